The zero-order valence-electron chi connectivity index (χ0n) is 9.87. The van der Waals surface area contributed by atoms with Gasteiger partial charge in [0, 0.05) is 0 Å². The van der Waals surface area contributed by atoms with Crippen LogP contribution < -0.4 is 0 Å². The Balaban J connectivity index is 0.00000144. The van der Waals surface area contributed by atoms with Gasteiger partial charge in [0.2, 0.25) is 0 Å². The Labute approximate surface area is 108 Å². The third-order valence-electron chi connectivity index (χ3n) is 3.43. The molecule has 1 aromatic rings. The number of rotatable bonds is 2. The third-order valence-corrected chi connectivity index (χ3v) is 3.43. The van der Waals surface area contributed by atoms with Crippen LogP contribution in [-0.4, -0.2) is 35.6 Å². The van der Waals surface area contributed by atoms with Crippen molar-refractivity contribution in [3.63, 3.8) is 0 Å². The van der Waals surface area contributed by atoms with Gasteiger partial charge in [0.25, 0.3) is 0 Å². The fourth-order valence-corrected chi connectivity index (χ4v) is 2.40. The highest BCUT2D eigenvalue weighted by atomic mass is 35.5. The molecule has 17 heavy (non-hydrogen) atoms. The minimum absolute atomic E-state index is 0. The van der Waals surface area contributed by atoms with E-state index in [-0.39, 0.29) is 18.4 Å². The molecule has 0 aliphatic carbocycles. The predicted octanol–water partition coefficient (Wildman–Crippen LogP) is 2.37. The van der Waals surface area contributed by atoms with Crippen LogP contribution in [-0.2, 0) is 4.79 Å². The van der Waals surface area contributed by atoms with Crippen molar-refractivity contribution >= 4 is 18.4 Å². The smallest absolute Gasteiger partial charge is 0.320 e. The maximum absolute atomic E-state index is 11.1. The van der Waals surface area contributed by atoms with Gasteiger partial charge in [-0.05, 0) is 37.9 Å². The van der Waals surface area contributed by atoms with Gasteiger partial charge in [-0.25, -0.2) is 0 Å². The van der Waals surface area contributed by atoms with Gasteiger partial charge in [0.15, 0.2) is 0 Å². The van der Waals surface area contributed by atoms with E-state index in [2.05, 4.69) is 12.1 Å². The molecule has 1 heterocycles. The minimum atomic E-state index is -0.705. The lowest BCUT2D eigenvalue weighted by Crippen LogP contribution is -2.44. The van der Waals surface area contributed by atoms with Gasteiger partial charge in [-0.3, -0.25) is 9.69 Å². The van der Waals surface area contributed by atoms with E-state index < -0.39 is 5.97 Å². The van der Waals surface area contributed by atoms with Crippen LogP contribution in [0.3, 0.4) is 0 Å². The molecular formula is C13H18ClNO2. The lowest BCUT2D eigenvalue weighted by atomic mass is 9.85. The lowest BCUT2D eigenvalue weighted by Gasteiger charge is -2.34. The maximum Gasteiger partial charge on any atom is 0.320 e. The average molecular weight is 256 g/mol. The molecule has 0 unspecified atom stereocenters. The summed E-state index contributed by atoms with van der Waals surface area (Å²) >= 11 is 0. The molecule has 1 aliphatic heterocycles. The molecule has 0 spiro atoms. The molecule has 2 rings (SSSR count). The first-order valence-electron chi connectivity index (χ1n) is 5.66. The number of aliphatic carboxylic acids is 1. The number of nitrogens with zero attached hydrogens (tertiary/aromatic N) is 1. The zero-order valence-corrected chi connectivity index (χ0v) is 10.7. The maximum atomic E-state index is 11.1. The molecule has 1 N–H and O–H groups in total. The average Bonchev–Trinajstić information content (AvgIpc) is 2.30. The number of halogens is 1. The topological polar surface area (TPSA) is 40.5 Å². The second-order valence-electron chi connectivity index (χ2n) is 4.47. The SMILES string of the molecule is CN1CC[C@H](c2ccccc2)C[C@@H]1C(=O)O.Cl. The highest BCUT2D eigenvalue weighted by Gasteiger charge is 2.31. The first-order valence-corrected chi connectivity index (χ1v) is 5.66. The standard InChI is InChI=1S/C13H17NO2.ClH/c1-14-8-7-11(9-12(14)13(15)16)10-5-3-2-4-6-10;/h2-6,11-12H,7-9H2,1H3,(H,15,16);1H/t11-,12+;/m0./s1. The van der Waals surface area contributed by atoms with Gasteiger partial charge in [-0.1, -0.05) is 30.3 Å². The van der Waals surface area contributed by atoms with Gasteiger partial charge in [0.05, 0.1) is 0 Å². The number of benzene rings is 1. The van der Waals surface area contributed by atoms with Crippen molar-refractivity contribution < 1.29 is 9.90 Å². The number of hydrogen-bond donors (Lipinski definition) is 1. The fourth-order valence-electron chi connectivity index (χ4n) is 2.40. The second kappa shape index (κ2) is 6.03. The van der Waals surface area contributed by atoms with Crippen LogP contribution in [0.4, 0.5) is 0 Å². The number of piperidine rings is 1. The Hall–Kier alpha value is -1.06. The van der Waals surface area contributed by atoms with Crippen LogP contribution >= 0.6 is 12.4 Å². The number of carboxylic acids is 1. The van der Waals surface area contributed by atoms with E-state index in [1.54, 1.807) is 0 Å². The summed E-state index contributed by atoms with van der Waals surface area (Å²) in [5.74, 6) is -0.318. The summed E-state index contributed by atoms with van der Waals surface area (Å²) < 4.78 is 0. The summed E-state index contributed by atoms with van der Waals surface area (Å²) in [6.07, 6.45) is 1.76. The van der Waals surface area contributed by atoms with Gasteiger partial charge in [0.1, 0.15) is 6.04 Å². The highest BCUT2D eigenvalue weighted by molar-refractivity contribution is 5.85. The molecule has 2 atom stereocenters. The molecule has 1 aliphatic rings. The summed E-state index contributed by atoms with van der Waals surface area (Å²) in [4.78, 5) is 13.0. The van der Waals surface area contributed by atoms with E-state index in [1.165, 1.54) is 5.56 Å². The molecule has 1 saturated heterocycles. The number of carboxylic acid groups (broad SMARTS) is 1. The molecule has 0 amide bonds. The first-order chi connectivity index (χ1) is 7.68. The molecule has 3 nitrogen and oxygen atoms in total. The van der Waals surface area contributed by atoms with Gasteiger partial charge < -0.3 is 5.11 Å². The van der Waals surface area contributed by atoms with E-state index in [0.717, 1.165) is 19.4 Å². The molecule has 4 heteroatoms. The van der Waals surface area contributed by atoms with E-state index in [1.807, 2.05) is 30.1 Å². The quantitative estimate of drug-likeness (QED) is 0.882. The van der Waals surface area contributed by atoms with Crippen LogP contribution in [0.2, 0.25) is 0 Å². The van der Waals surface area contributed by atoms with Crippen molar-refractivity contribution in [2.24, 2.45) is 0 Å². The van der Waals surface area contributed by atoms with Gasteiger partial charge in [-0.2, -0.15) is 0 Å². The Morgan fingerprint density at radius 2 is 2.00 bits per heavy atom. The van der Waals surface area contributed by atoms with Crippen LogP contribution in [0.1, 0.15) is 24.3 Å². The molecule has 94 valence electrons. The molecule has 1 aromatic carbocycles. The second-order valence-corrected chi connectivity index (χ2v) is 4.47. The third kappa shape index (κ3) is 3.20. The van der Waals surface area contributed by atoms with Crippen molar-refractivity contribution in [3.8, 4) is 0 Å². The minimum Gasteiger partial charge on any atom is -0.480 e. The normalized spacial score (nSPS) is 25.0. The molecule has 1 fully saturated rings. The van der Waals surface area contributed by atoms with Gasteiger partial charge >= 0.3 is 5.97 Å². The van der Waals surface area contributed by atoms with E-state index >= 15 is 0 Å². The lowest BCUT2D eigenvalue weighted by molar-refractivity contribution is -0.144. The Morgan fingerprint density at radius 1 is 1.35 bits per heavy atom. The number of likely N-dealkylation sites (N-methyl/N-ethyl adjacent to an activating group) is 1. The Kier molecular flexibility index (Phi) is 4.97. The molecule has 0 aromatic heterocycles. The number of likely N-dealkylation sites (tertiary alicyclic amines) is 1. The Bertz CT molecular complexity index is 369. The van der Waals surface area contributed by atoms with Crippen LogP contribution in [0.15, 0.2) is 30.3 Å². The summed E-state index contributed by atoms with van der Waals surface area (Å²) in [7, 11) is 1.89. The van der Waals surface area contributed by atoms with Crippen molar-refractivity contribution in [3.05, 3.63) is 35.9 Å². The van der Waals surface area contributed by atoms with E-state index in [4.69, 9.17) is 5.11 Å². The largest absolute Gasteiger partial charge is 0.480 e. The zero-order chi connectivity index (χ0) is 11.5. The first kappa shape index (κ1) is 14.0. The molecular weight excluding hydrogens is 238 g/mol. The van der Waals surface area contributed by atoms with Crippen LogP contribution in [0.25, 0.3) is 0 Å². The number of carbonyl (C=O) groups is 1. The van der Waals surface area contributed by atoms with Crippen molar-refractivity contribution in [2.45, 2.75) is 24.8 Å². The highest BCUT2D eigenvalue weighted by Crippen LogP contribution is 2.30. The fraction of sp³-hybridized carbons (Fsp3) is 0.462. The molecule has 0 radical (unpaired) electrons. The van der Waals surface area contributed by atoms with Gasteiger partial charge in [-0.15, -0.1) is 12.4 Å². The molecule has 0 saturated carbocycles. The Morgan fingerprint density at radius 3 is 2.59 bits per heavy atom. The number of hydrogen-bond acceptors (Lipinski definition) is 2. The van der Waals surface area contributed by atoms with Crippen molar-refractivity contribution in [1.82, 2.24) is 4.90 Å². The van der Waals surface area contributed by atoms with Crippen molar-refractivity contribution in [2.75, 3.05) is 13.6 Å². The monoisotopic (exact) mass is 255 g/mol. The summed E-state index contributed by atoms with van der Waals surface area (Å²) in [6.45, 7) is 0.858. The van der Waals surface area contributed by atoms with Crippen LogP contribution in [0.5, 0.6) is 0 Å². The van der Waals surface area contributed by atoms with E-state index in [9.17, 15) is 4.79 Å². The van der Waals surface area contributed by atoms with Crippen molar-refractivity contribution in [1.29, 1.82) is 0 Å². The summed E-state index contributed by atoms with van der Waals surface area (Å²) in [6, 6.07) is 9.88. The molecule has 0 bridgehead atoms. The summed E-state index contributed by atoms with van der Waals surface area (Å²) in [5.41, 5.74) is 1.27. The summed E-state index contributed by atoms with van der Waals surface area (Å²) in [5, 5.41) is 9.13. The van der Waals surface area contributed by atoms with E-state index in [0.29, 0.717) is 5.92 Å². The van der Waals surface area contributed by atoms with Crippen LogP contribution in [0, 0.1) is 0 Å². The predicted molar refractivity (Wildman–Crippen MR) is 69.7 cm³/mol.